The molecule has 29 heavy (non-hydrogen) atoms. The molecule has 6 nitrogen and oxygen atoms in total. The number of aromatic nitrogens is 2. The van der Waals surface area contributed by atoms with Crippen LogP contribution < -0.4 is 4.74 Å². The standard InChI is InChI=1S/C22H29FN4O2/c1-25-10-7-24-21(25)15-26-13-17(16-29-20-6-4-5-19(23)12-20)11-18(14-26)22(28)27-8-2-3-9-27/h4-7,10,12,17-18H,2-3,8-9,11,13-16H2,1H3/t17-,18+/m0/s1. The lowest BCUT2D eigenvalue weighted by molar-refractivity contribution is -0.137. The summed E-state index contributed by atoms with van der Waals surface area (Å²) in [5.74, 6) is 1.68. The van der Waals surface area contributed by atoms with Crippen LogP contribution in [0.25, 0.3) is 0 Å². The lowest BCUT2D eigenvalue weighted by Crippen LogP contribution is -2.48. The molecule has 0 radical (unpaired) electrons. The van der Waals surface area contributed by atoms with Gasteiger partial charge in [0.2, 0.25) is 5.91 Å². The number of imidazole rings is 1. The molecule has 0 aliphatic carbocycles. The van der Waals surface area contributed by atoms with E-state index in [2.05, 4.69) is 9.88 Å². The minimum absolute atomic E-state index is 0.0248. The van der Waals surface area contributed by atoms with Crippen LogP contribution >= 0.6 is 0 Å². The second-order valence-electron chi connectivity index (χ2n) is 8.25. The molecule has 2 aromatic rings. The third-order valence-corrected chi connectivity index (χ3v) is 5.95. The number of likely N-dealkylation sites (tertiary alicyclic amines) is 2. The van der Waals surface area contributed by atoms with Crippen molar-refractivity contribution < 1.29 is 13.9 Å². The molecule has 0 N–H and O–H groups in total. The Bertz CT molecular complexity index is 834. The lowest BCUT2D eigenvalue weighted by Gasteiger charge is -2.38. The van der Waals surface area contributed by atoms with Gasteiger partial charge in [0, 0.05) is 57.6 Å². The van der Waals surface area contributed by atoms with Crippen LogP contribution in [-0.4, -0.2) is 58.0 Å². The fraction of sp³-hybridized carbons (Fsp3) is 0.545. The highest BCUT2D eigenvalue weighted by molar-refractivity contribution is 5.79. The summed E-state index contributed by atoms with van der Waals surface area (Å²) in [5.41, 5.74) is 0. The van der Waals surface area contributed by atoms with E-state index in [0.29, 0.717) is 18.9 Å². The van der Waals surface area contributed by atoms with E-state index in [9.17, 15) is 9.18 Å². The number of benzene rings is 1. The van der Waals surface area contributed by atoms with E-state index in [1.165, 1.54) is 12.1 Å². The molecule has 1 aromatic heterocycles. The van der Waals surface area contributed by atoms with Crippen molar-refractivity contribution >= 4 is 5.91 Å². The summed E-state index contributed by atoms with van der Waals surface area (Å²) in [4.78, 5) is 21.8. The average molecular weight is 400 g/mol. The van der Waals surface area contributed by atoms with Gasteiger partial charge in [0.05, 0.1) is 19.1 Å². The first-order valence-corrected chi connectivity index (χ1v) is 10.4. The predicted molar refractivity (Wildman–Crippen MR) is 108 cm³/mol. The van der Waals surface area contributed by atoms with Gasteiger partial charge in [0.25, 0.3) is 0 Å². The molecule has 2 aliphatic rings. The number of hydrogen-bond acceptors (Lipinski definition) is 4. The second kappa shape index (κ2) is 8.95. The maximum absolute atomic E-state index is 13.4. The third kappa shape index (κ3) is 4.96. The molecular weight excluding hydrogens is 371 g/mol. The van der Waals surface area contributed by atoms with Crippen LogP contribution in [-0.2, 0) is 18.4 Å². The Morgan fingerprint density at radius 1 is 1.28 bits per heavy atom. The summed E-state index contributed by atoms with van der Waals surface area (Å²) in [6.45, 7) is 4.52. The van der Waals surface area contributed by atoms with E-state index >= 15 is 0 Å². The van der Waals surface area contributed by atoms with E-state index in [4.69, 9.17) is 4.74 Å². The molecule has 2 saturated heterocycles. The molecule has 1 amide bonds. The van der Waals surface area contributed by atoms with Gasteiger partial charge in [-0.2, -0.15) is 0 Å². The number of hydrogen-bond donors (Lipinski definition) is 0. The molecule has 0 saturated carbocycles. The van der Waals surface area contributed by atoms with Gasteiger partial charge < -0.3 is 14.2 Å². The fourth-order valence-corrected chi connectivity index (χ4v) is 4.45. The van der Waals surface area contributed by atoms with Crippen LogP contribution in [0.15, 0.2) is 36.7 Å². The van der Waals surface area contributed by atoms with Gasteiger partial charge in [-0.3, -0.25) is 9.69 Å². The van der Waals surface area contributed by atoms with E-state index in [1.54, 1.807) is 18.3 Å². The number of amides is 1. The highest BCUT2D eigenvalue weighted by atomic mass is 19.1. The van der Waals surface area contributed by atoms with Crippen molar-refractivity contribution in [2.45, 2.75) is 25.8 Å². The number of carbonyl (C=O) groups excluding carboxylic acids is 1. The summed E-state index contributed by atoms with van der Waals surface area (Å²) in [6.07, 6.45) is 6.75. The molecule has 2 atom stereocenters. The summed E-state index contributed by atoms with van der Waals surface area (Å²) in [5, 5.41) is 0. The Balaban J connectivity index is 1.44. The Morgan fingerprint density at radius 2 is 2.10 bits per heavy atom. The van der Waals surface area contributed by atoms with Crippen molar-refractivity contribution in [3.8, 4) is 5.75 Å². The molecule has 0 unspecified atom stereocenters. The smallest absolute Gasteiger partial charge is 0.226 e. The van der Waals surface area contributed by atoms with Gasteiger partial charge in [-0.05, 0) is 31.4 Å². The van der Waals surface area contributed by atoms with Crippen LogP contribution in [0.5, 0.6) is 5.75 Å². The van der Waals surface area contributed by atoms with Crippen molar-refractivity contribution in [1.29, 1.82) is 0 Å². The molecule has 0 bridgehead atoms. The van der Waals surface area contributed by atoms with Crippen molar-refractivity contribution in [2.75, 3.05) is 32.8 Å². The van der Waals surface area contributed by atoms with Crippen molar-refractivity contribution in [1.82, 2.24) is 19.4 Å². The molecule has 1 aromatic carbocycles. The number of halogens is 1. The molecular formula is C22H29FN4O2. The monoisotopic (exact) mass is 400 g/mol. The molecule has 7 heteroatoms. The van der Waals surface area contributed by atoms with Crippen molar-refractivity contribution in [2.24, 2.45) is 18.9 Å². The first-order valence-electron chi connectivity index (χ1n) is 10.4. The zero-order valence-electron chi connectivity index (χ0n) is 17.0. The van der Waals surface area contributed by atoms with E-state index in [1.807, 2.05) is 22.7 Å². The predicted octanol–water partition coefficient (Wildman–Crippen LogP) is 2.70. The topological polar surface area (TPSA) is 50.6 Å². The Kier molecular flexibility index (Phi) is 6.13. The number of carbonyl (C=O) groups is 1. The molecule has 2 aliphatic heterocycles. The second-order valence-corrected chi connectivity index (χ2v) is 8.25. The van der Waals surface area contributed by atoms with E-state index < -0.39 is 0 Å². The summed E-state index contributed by atoms with van der Waals surface area (Å²) < 4.78 is 21.3. The number of aryl methyl sites for hydroxylation is 1. The zero-order valence-corrected chi connectivity index (χ0v) is 17.0. The summed E-state index contributed by atoms with van der Waals surface area (Å²) in [6, 6.07) is 6.23. The van der Waals surface area contributed by atoms with Crippen molar-refractivity contribution in [3.63, 3.8) is 0 Å². The number of nitrogens with zero attached hydrogens (tertiary/aromatic N) is 4. The highest BCUT2D eigenvalue weighted by Gasteiger charge is 2.35. The van der Waals surface area contributed by atoms with Crippen LogP contribution in [0.3, 0.4) is 0 Å². The number of rotatable bonds is 6. The van der Waals surface area contributed by atoms with E-state index in [0.717, 1.165) is 51.3 Å². The number of piperidine rings is 1. The normalized spacial score (nSPS) is 22.8. The van der Waals surface area contributed by atoms with Crippen LogP contribution in [0.1, 0.15) is 25.1 Å². The van der Waals surface area contributed by atoms with Crippen LogP contribution in [0.4, 0.5) is 4.39 Å². The summed E-state index contributed by atoms with van der Waals surface area (Å²) in [7, 11) is 1.99. The molecule has 4 rings (SSSR count). The number of ether oxygens (including phenoxy) is 1. The Morgan fingerprint density at radius 3 is 2.83 bits per heavy atom. The van der Waals surface area contributed by atoms with Crippen molar-refractivity contribution in [3.05, 3.63) is 48.3 Å². The maximum Gasteiger partial charge on any atom is 0.226 e. The first-order chi connectivity index (χ1) is 14.1. The van der Waals surface area contributed by atoms with Crippen LogP contribution in [0, 0.1) is 17.7 Å². The maximum atomic E-state index is 13.4. The quantitative estimate of drug-likeness (QED) is 0.748. The molecule has 0 spiro atoms. The Hall–Kier alpha value is -2.41. The van der Waals surface area contributed by atoms with Gasteiger partial charge in [-0.1, -0.05) is 6.07 Å². The lowest BCUT2D eigenvalue weighted by atomic mass is 9.88. The zero-order chi connectivity index (χ0) is 20.2. The first kappa shape index (κ1) is 19.9. The summed E-state index contributed by atoms with van der Waals surface area (Å²) >= 11 is 0. The largest absolute Gasteiger partial charge is 0.493 e. The van der Waals surface area contributed by atoms with Gasteiger partial charge in [-0.15, -0.1) is 0 Å². The molecule has 3 heterocycles. The van der Waals surface area contributed by atoms with Gasteiger partial charge in [0.15, 0.2) is 0 Å². The molecule has 2 fully saturated rings. The minimum atomic E-state index is -0.301. The Labute approximate surface area is 171 Å². The van der Waals surface area contributed by atoms with Gasteiger partial charge in [-0.25, -0.2) is 9.37 Å². The van der Waals surface area contributed by atoms with Gasteiger partial charge >= 0.3 is 0 Å². The van der Waals surface area contributed by atoms with Gasteiger partial charge in [0.1, 0.15) is 17.4 Å². The van der Waals surface area contributed by atoms with E-state index in [-0.39, 0.29) is 23.6 Å². The highest BCUT2D eigenvalue weighted by Crippen LogP contribution is 2.27. The van der Waals surface area contributed by atoms with Crippen LogP contribution in [0.2, 0.25) is 0 Å². The molecule has 156 valence electrons. The SMILES string of the molecule is Cn1ccnc1CN1C[C@@H](COc2cccc(F)c2)C[C@@H](C(=O)N2CCCC2)C1. The minimum Gasteiger partial charge on any atom is -0.493 e. The fourth-order valence-electron chi connectivity index (χ4n) is 4.45. The average Bonchev–Trinajstić information content (AvgIpc) is 3.38. The third-order valence-electron chi connectivity index (χ3n) is 5.95.